The van der Waals surface area contributed by atoms with Gasteiger partial charge in [0.15, 0.2) is 0 Å². The largest absolute Gasteiger partial charge is 0.414 e. The van der Waals surface area contributed by atoms with Gasteiger partial charge in [0.1, 0.15) is 16.1 Å². The van der Waals surface area contributed by atoms with Gasteiger partial charge in [-0.15, -0.1) is 0 Å². The Bertz CT molecular complexity index is 768. The molecule has 0 saturated carbocycles. The zero-order valence-electron chi connectivity index (χ0n) is 12.7. The minimum atomic E-state index is -0.998. The van der Waals surface area contributed by atoms with Crippen molar-refractivity contribution in [1.29, 1.82) is 0 Å². The number of rotatable bonds is 5. The Hall–Kier alpha value is -1.66. The summed E-state index contributed by atoms with van der Waals surface area (Å²) < 4.78 is 5.79. The molecule has 0 aliphatic rings. The molecule has 2 rings (SSSR count). The van der Waals surface area contributed by atoms with Gasteiger partial charge in [0.2, 0.25) is 0 Å². The van der Waals surface area contributed by atoms with E-state index in [4.69, 9.17) is 27.6 Å². The molecule has 0 fully saturated rings. The van der Waals surface area contributed by atoms with Crippen LogP contribution in [0, 0.1) is 10.1 Å². The number of nitrogens with zero attached hydrogens (tertiary/aromatic N) is 1. The summed E-state index contributed by atoms with van der Waals surface area (Å²) >= 11 is 12.3. The molecule has 0 aromatic heterocycles. The van der Waals surface area contributed by atoms with Crippen LogP contribution >= 0.6 is 23.2 Å². The van der Waals surface area contributed by atoms with Gasteiger partial charge in [-0.25, -0.2) is 0 Å². The summed E-state index contributed by atoms with van der Waals surface area (Å²) in [7, 11) is 0.381. The molecule has 23 heavy (non-hydrogen) atoms. The van der Waals surface area contributed by atoms with Gasteiger partial charge in [-0.2, -0.15) is 0 Å². The fourth-order valence-corrected chi connectivity index (χ4v) is 3.41. The van der Waals surface area contributed by atoms with Crippen molar-refractivity contribution < 1.29 is 9.35 Å². The summed E-state index contributed by atoms with van der Waals surface area (Å²) in [6.45, 7) is 5.40. The van der Waals surface area contributed by atoms with Gasteiger partial charge in [-0.3, -0.25) is 10.1 Å². The topological polar surface area (TPSA) is 52.4 Å². The van der Waals surface area contributed by atoms with E-state index in [-0.39, 0.29) is 21.3 Å². The highest BCUT2D eigenvalue weighted by Gasteiger charge is 2.37. The average Bonchev–Trinajstić information content (AvgIpc) is 2.56. The van der Waals surface area contributed by atoms with Crippen LogP contribution in [-0.4, -0.2) is 15.4 Å². The molecule has 1 atom stereocenters. The number of hydrogen-bond acceptors (Lipinski definition) is 3. The van der Waals surface area contributed by atoms with E-state index >= 15 is 0 Å². The highest BCUT2D eigenvalue weighted by atomic mass is 35.5. The van der Waals surface area contributed by atoms with Crippen molar-refractivity contribution in [3.63, 3.8) is 0 Å². The summed E-state index contributed by atoms with van der Waals surface area (Å²) in [5, 5.41) is 12.0. The molecule has 0 heterocycles. The van der Waals surface area contributed by atoms with Crippen molar-refractivity contribution in [1.82, 2.24) is 0 Å². The van der Waals surface area contributed by atoms with E-state index in [0.717, 1.165) is 5.56 Å². The predicted octanol–water partition coefficient (Wildman–Crippen LogP) is 4.11. The number of hydrogen-bond donors (Lipinski definition) is 0. The molecule has 2 aromatic carbocycles. The molecule has 0 bridgehead atoms. The smallest absolute Gasteiger partial charge is 0.284 e. The molecule has 0 spiro atoms. The average molecular weight is 368 g/mol. The molecule has 0 aliphatic heterocycles. The second-order valence-corrected chi connectivity index (χ2v) is 6.24. The molecule has 7 heteroatoms. The van der Waals surface area contributed by atoms with Crippen LogP contribution in [0.4, 0.5) is 5.69 Å². The number of nitro benzene ring substituents is 1. The first-order valence-corrected chi connectivity index (χ1v) is 8.34. The molecular formula is C16H15Cl2NO3Si. The summed E-state index contributed by atoms with van der Waals surface area (Å²) in [6.07, 6.45) is 1.34. The molecule has 1 unspecified atom stereocenters. The van der Waals surface area contributed by atoms with Crippen LogP contribution < -0.4 is 0 Å². The highest BCUT2D eigenvalue weighted by Crippen LogP contribution is 2.44. The SMILES string of the molecule is C=Cc1c(Cl)c(Cl)cc(C(C)(O[SiH3])c2ccccc2)c1[N+](=O)[O-]. The van der Waals surface area contributed by atoms with Crippen molar-refractivity contribution in [2.24, 2.45) is 0 Å². The van der Waals surface area contributed by atoms with E-state index < -0.39 is 10.5 Å². The first-order chi connectivity index (χ1) is 10.9. The van der Waals surface area contributed by atoms with Gasteiger partial charge in [0.25, 0.3) is 5.69 Å². The maximum absolute atomic E-state index is 11.7. The van der Waals surface area contributed by atoms with E-state index in [1.165, 1.54) is 12.1 Å². The van der Waals surface area contributed by atoms with Gasteiger partial charge in [0.05, 0.1) is 26.1 Å². The third kappa shape index (κ3) is 3.05. The van der Waals surface area contributed by atoms with Crippen molar-refractivity contribution in [3.8, 4) is 0 Å². The molecular weight excluding hydrogens is 353 g/mol. The van der Waals surface area contributed by atoms with Crippen molar-refractivity contribution in [3.05, 3.63) is 79.8 Å². The summed E-state index contributed by atoms with van der Waals surface area (Å²) in [4.78, 5) is 11.2. The lowest BCUT2D eigenvalue weighted by Crippen LogP contribution is -2.28. The highest BCUT2D eigenvalue weighted by molar-refractivity contribution is 6.43. The van der Waals surface area contributed by atoms with Crippen LogP contribution in [0.1, 0.15) is 23.6 Å². The van der Waals surface area contributed by atoms with E-state index in [9.17, 15) is 10.1 Å². The zero-order valence-corrected chi connectivity index (χ0v) is 16.2. The van der Waals surface area contributed by atoms with Crippen LogP contribution in [0.2, 0.25) is 10.0 Å². The summed E-state index contributed by atoms with van der Waals surface area (Å²) in [5.74, 6) is 0. The summed E-state index contributed by atoms with van der Waals surface area (Å²) in [6, 6.07) is 10.8. The van der Waals surface area contributed by atoms with E-state index in [2.05, 4.69) is 6.58 Å². The van der Waals surface area contributed by atoms with Crippen LogP contribution in [0.5, 0.6) is 0 Å². The van der Waals surface area contributed by atoms with Crippen LogP contribution in [0.25, 0.3) is 6.08 Å². The maximum Gasteiger partial charge on any atom is 0.284 e. The van der Waals surface area contributed by atoms with Crippen LogP contribution in [0.3, 0.4) is 0 Å². The molecule has 4 nitrogen and oxygen atoms in total. The van der Waals surface area contributed by atoms with Gasteiger partial charge >= 0.3 is 0 Å². The first-order valence-electron chi connectivity index (χ1n) is 6.76. The second-order valence-electron chi connectivity index (χ2n) is 5.05. The molecule has 2 aromatic rings. The van der Waals surface area contributed by atoms with E-state index in [1.807, 2.05) is 30.3 Å². The quantitative estimate of drug-likeness (QED) is 0.454. The Morgan fingerprint density at radius 2 is 1.96 bits per heavy atom. The van der Waals surface area contributed by atoms with Gasteiger partial charge in [0, 0.05) is 0 Å². The Morgan fingerprint density at radius 1 is 1.35 bits per heavy atom. The minimum absolute atomic E-state index is 0.112. The minimum Gasteiger partial charge on any atom is -0.414 e. The third-order valence-corrected chi connectivity index (χ3v) is 5.48. The standard InChI is InChI=1S/C16H15Cl2NO3Si/c1-3-11-14(18)13(17)9-12(15(11)19(20)21)16(2,22-23)10-7-5-4-6-8-10/h3-9H,1H2,2,23H3. The van der Waals surface area contributed by atoms with Crippen molar-refractivity contribution in [2.75, 3.05) is 0 Å². The van der Waals surface area contributed by atoms with Gasteiger partial charge in [-0.1, -0.05) is 66.2 Å². The van der Waals surface area contributed by atoms with Gasteiger partial charge < -0.3 is 4.43 Å². The van der Waals surface area contributed by atoms with Crippen LogP contribution in [-0.2, 0) is 10.0 Å². The lowest BCUT2D eigenvalue weighted by atomic mass is 9.86. The first kappa shape index (κ1) is 17.7. The number of benzene rings is 2. The molecule has 120 valence electrons. The van der Waals surface area contributed by atoms with E-state index in [1.54, 1.807) is 6.92 Å². The molecule has 0 aliphatic carbocycles. The third-order valence-electron chi connectivity index (χ3n) is 3.86. The molecule has 0 amide bonds. The second kappa shape index (κ2) is 6.84. The lowest BCUT2D eigenvalue weighted by Gasteiger charge is -2.30. The Labute approximate surface area is 147 Å². The number of nitro groups is 1. The zero-order chi connectivity index (χ0) is 17.2. The fraction of sp³-hybridized carbons (Fsp3) is 0.125. The summed E-state index contributed by atoms with van der Waals surface area (Å²) in [5.41, 5.74) is 0.207. The molecule has 0 radical (unpaired) electrons. The number of halogens is 2. The monoisotopic (exact) mass is 367 g/mol. The van der Waals surface area contributed by atoms with Crippen molar-refractivity contribution >= 4 is 45.5 Å². The predicted molar refractivity (Wildman–Crippen MR) is 97.1 cm³/mol. The Morgan fingerprint density at radius 3 is 2.43 bits per heavy atom. The molecule has 0 N–H and O–H groups in total. The normalized spacial score (nSPS) is 13.5. The maximum atomic E-state index is 11.7. The lowest BCUT2D eigenvalue weighted by molar-refractivity contribution is -0.386. The van der Waals surface area contributed by atoms with Gasteiger partial charge in [-0.05, 0) is 18.6 Å². The Kier molecular flexibility index (Phi) is 5.26. The molecule has 0 saturated heterocycles. The fourth-order valence-electron chi connectivity index (χ4n) is 2.52. The van der Waals surface area contributed by atoms with E-state index in [0.29, 0.717) is 16.0 Å². The van der Waals surface area contributed by atoms with Crippen LogP contribution in [0.15, 0.2) is 43.0 Å². The van der Waals surface area contributed by atoms with Crippen molar-refractivity contribution in [2.45, 2.75) is 12.5 Å². The Balaban J connectivity index is 2.88.